The Kier molecular flexibility index (Phi) is 6.18. The lowest BCUT2D eigenvalue weighted by Gasteiger charge is -2.13. The van der Waals surface area contributed by atoms with E-state index < -0.39 is 11.9 Å². The molecular weight excluding hydrogens is 304 g/mol. The van der Waals surface area contributed by atoms with Crippen molar-refractivity contribution >= 4 is 11.9 Å². The van der Waals surface area contributed by atoms with Crippen molar-refractivity contribution in [3.05, 3.63) is 46.5 Å². The summed E-state index contributed by atoms with van der Waals surface area (Å²) in [4.78, 5) is 25.0. The van der Waals surface area contributed by atoms with Crippen molar-refractivity contribution in [2.45, 2.75) is 40.5 Å². The summed E-state index contributed by atoms with van der Waals surface area (Å²) >= 11 is 0. The molecule has 1 aliphatic rings. The van der Waals surface area contributed by atoms with Gasteiger partial charge in [0.25, 0.3) is 0 Å². The van der Waals surface area contributed by atoms with Crippen LogP contribution in [0.2, 0.25) is 0 Å². The van der Waals surface area contributed by atoms with Gasteiger partial charge in [-0.1, -0.05) is 52.0 Å². The van der Waals surface area contributed by atoms with Gasteiger partial charge in [-0.2, -0.15) is 0 Å². The lowest BCUT2D eigenvalue weighted by atomic mass is 10.1. The summed E-state index contributed by atoms with van der Waals surface area (Å²) in [5.74, 6) is -0.708. The van der Waals surface area contributed by atoms with Gasteiger partial charge in [-0.25, -0.2) is 9.59 Å². The predicted molar refractivity (Wildman–Crippen MR) is 92.5 cm³/mol. The van der Waals surface area contributed by atoms with Crippen molar-refractivity contribution in [1.29, 1.82) is 0 Å². The molecule has 0 aromatic heterocycles. The first-order chi connectivity index (χ1) is 11.4. The van der Waals surface area contributed by atoms with E-state index in [-0.39, 0.29) is 17.4 Å². The number of esters is 2. The van der Waals surface area contributed by atoms with Crippen molar-refractivity contribution in [3.8, 4) is 0 Å². The standard InChI is InChI=1S/C20H26O4/c1-13(2)11-23-19(21)18(20(22)24-12-14(3)4)17-9-15-7-5-6-8-16(15)10-17/h5-8,13-14H,9-12H2,1-4H3. The Labute approximate surface area is 143 Å². The molecule has 0 amide bonds. The SMILES string of the molecule is CC(C)COC(=O)C(C(=O)OCC(C)C)=C1Cc2ccccc2C1. The first-order valence-electron chi connectivity index (χ1n) is 8.51. The monoisotopic (exact) mass is 330 g/mol. The Morgan fingerprint density at radius 3 is 1.67 bits per heavy atom. The Bertz CT molecular complexity index is 588. The van der Waals surface area contributed by atoms with Crippen LogP contribution in [0, 0.1) is 11.8 Å². The van der Waals surface area contributed by atoms with Gasteiger partial charge >= 0.3 is 11.9 Å². The molecule has 4 nitrogen and oxygen atoms in total. The predicted octanol–water partition coefficient (Wildman–Crippen LogP) is 3.48. The molecule has 1 aromatic carbocycles. The average Bonchev–Trinajstić information content (AvgIpc) is 2.94. The molecule has 130 valence electrons. The van der Waals surface area contributed by atoms with Crippen LogP contribution in [-0.4, -0.2) is 25.2 Å². The summed E-state index contributed by atoms with van der Waals surface area (Å²) in [5, 5.41) is 0. The number of allylic oxidation sites excluding steroid dienone is 1. The summed E-state index contributed by atoms with van der Waals surface area (Å²) < 4.78 is 10.6. The Morgan fingerprint density at radius 2 is 1.29 bits per heavy atom. The van der Waals surface area contributed by atoms with Gasteiger partial charge in [0.1, 0.15) is 5.57 Å². The summed E-state index contributed by atoms with van der Waals surface area (Å²) in [5.41, 5.74) is 3.17. The van der Waals surface area contributed by atoms with Gasteiger partial charge < -0.3 is 9.47 Å². The summed E-state index contributed by atoms with van der Waals surface area (Å²) in [6.07, 6.45) is 1.19. The van der Waals surface area contributed by atoms with Gasteiger partial charge in [0.2, 0.25) is 0 Å². The quantitative estimate of drug-likeness (QED) is 0.347. The maximum absolute atomic E-state index is 12.5. The van der Waals surface area contributed by atoms with E-state index in [0.717, 1.165) is 16.7 Å². The first kappa shape index (κ1) is 18.2. The largest absolute Gasteiger partial charge is 0.462 e. The fourth-order valence-corrected chi connectivity index (χ4v) is 2.60. The molecule has 0 saturated heterocycles. The fourth-order valence-electron chi connectivity index (χ4n) is 2.60. The van der Waals surface area contributed by atoms with Crippen LogP contribution in [0.1, 0.15) is 38.8 Å². The molecule has 0 saturated carbocycles. The Morgan fingerprint density at radius 1 is 0.875 bits per heavy atom. The van der Waals surface area contributed by atoms with E-state index in [9.17, 15) is 9.59 Å². The van der Waals surface area contributed by atoms with E-state index >= 15 is 0 Å². The lowest BCUT2D eigenvalue weighted by Crippen LogP contribution is -2.23. The highest BCUT2D eigenvalue weighted by Gasteiger charge is 2.29. The molecule has 1 aliphatic carbocycles. The minimum absolute atomic E-state index is 0.0764. The second-order valence-electron chi connectivity index (χ2n) is 7.09. The molecule has 2 rings (SSSR count). The Balaban J connectivity index is 2.24. The van der Waals surface area contributed by atoms with Crippen LogP contribution in [0.3, 0.4) is 0 Å². The lowest BCUT2D eigenvalue weighted by molar-refractivity contribution is -0.148. The van der Waals surface area contributed by atoms with Gasteiger partial charge in [0.05, 0.1) is 13.2 Å². The number of ether oxygens (including phenoxy) is 2. The minimum Gasteiger partial charge on any atom is -0.462 e. The van der Waals surface area contributed by atoms with Crippen LogP contribution >= 0.6 is 0 Å². The zero-order valence-corrected chi connectivity index (χ0v) is 14.9. The highest BCUT2D eigenvalue weighted by molar-refractivity contribution is 6.15. The van der Waals surface area contributed by atoms with Gasteiger partial charge in [-0.15, -0.1) is 0 Å². The minimum atomic E-state index is -0.569. The second-order valence-corrected chi connectivity index (χ2v) is 7.09. The summed E-state index contributed by atoms with van der Waals surface area (Å²) in [6, 6.07) is 7.99. The first-order valence-corrected chi connectivity index (χ1v) is 8.51. The van der Waals surface area contributed by atoms with Gasteiger partial charge in [0.15, 0.2) is 0 Å². The highest BCUT2D eigenvalue weighted by Crippen LogP contribution is 2.29. The van der Waals surface area contributed by atoms with E-state index in [0.29, 0.717) is 26.1 Å². The number of carbonyl (C=O) groups excluding carboxylic acids is 2. The molecule has 1 aromatic rings. The molecule has 24 heavy (non-hydrogen) atoms. The van der Waals surface area contributed by atoms with Crippen molar-refractivity contribution in [1.82, 2.24) is 0 Å². The van der Waals surface area contributed by atoms with Crippen molar-refractivity contribution in [2.24, 2.45) is 11.8 Å². The third kappa shape index (κ3) is 4.70. The van der Waals surface area contributed by atoms with Crippen molar-refractivity contribution in [3.63, 3.8) is 0 Å². The normalized spacial score (nSPS) is 13.2. The van der Waals surface area contributed by atoms with E-state index in [1.165, 1.54) is 0 Å². The highest BCUT2D eigenvalue weighted by atomic mass is 16.6. The molecule has 0 atom stereocenters. The van der Waals surface area contributed by atoms with Gasteiger partial charge in [-0.3, -0.25) is 0 Å². The van der Waals surface area contributed by atoms with E-state index in [1.807, 2.05) is 52.0 Å². The van der Waals surface area contributed by atoms with Crippen LogP contribution in [-0.2, 0) is 31.9 Å². The van der Waals surface area contributed by atoms with Gasteiger partial charge in [-0.05, 0) is 41.4 Å². The third-order valence-electron chi connectivity index (χ3n) is 3.78. The molecule has 0 N–H and O–H groups in total. The van der Waals surface area contributed by atoms with Crippen LogP contribution in [0.5, 0.6) is 0 Å². The van der Waals surface area contributed by atoms with Crippen LogP contribution in [0.4, 0.5) is 0 Å². The molecule has 0 heterocycles. The summed E-state index contributed by atoms with van der Waals surface area (Å²) in [6.45, 7) is 8.43. The molecule has 0 bridgehead atoms. The third-order valence-corrected chi connectivity index (χ3v) is 3.78. The molecule has 0 spiro atoms. The van der Waals surface area contributed by atoms with E-state index in [1.54, 1.807) is 0 Å². The van der Waals surface area contributed by atoms with Gasteiger partial charge in [0, 0.05) is 0 Å². The Hall–Kier alpha value is -2.10. The smallest absolute Gasteiger partial charge is 0.345 e. The fraction of sp³-hybridized carbons (Fsp3) is 0.500. The number of carbonyl (C=O) groups is 2. The average molecular weight is 330 g/mol. The maximum Gasteiger partial charge on any atom is 0.345 e. The molecule has 4 heteroatoms. The van der Waals surface area contributed by atoms with E-state index in [2.05, 4.69) is 0 Å². The maximum atomic E-state index is 12.5. The number of benzene rings is 1. The molecule has 0 aliphatic heterocycles. The van der Waals surface area contributed by atoms with E-state index in [4.69, 9.17) is 9.47 Å². The number of rotatable bonds is 6. The topological polar surface area (TPSA) is 52.6 Å². The van der Waals surface area contributed by atoms with Crippen LogP contribution in [0.25, 0.3) is 0 Å². The van der Waals surface area contributed by atoms with Crippen molar-refractivity contribution in [2.75, 3.05) is 13.2 Å². The van der Waals surface area contributed by atoms with Crippen LogP contribution in [0.15, 0.2) is 35.4 Å². The van der Waals surface area contributed by atoms with Crippen LogP contribution < -0.4 is 0 Å². The van der Waals surface area contributed by atoms with Crippen molar-refractivity contribution < 1.29 is 19.1 Å². The second kappa shape index (κ2) is 8.13. The molecule has 0 radical (unpaired) electrons. The zero-order chi connectivity index (χ0) is 17.7. The molecule has 0 fully saturated rings. The zero-order valence-electron chi connectivity index (χ0n) is 14.9. The molecular formula is C20H26O4. The molecule has 0 unspecified atom stereocenters. The summed E-state index contributed by atoms with van der Waals surface area (Å²) in [7, 11) is 0. The number of hydrogen-bond acceptors (Lipinski definition) is 4. The number of hydrogen-bond donors (Lipinski definition) is 0. The number of fused-ring (bicyclic) bond motifs is 1.